The molecule has 2 fully saturated rings. The summed E-state index contributed by atoms with van der Waals surface area (Å²) in [6, 6.07) is 5.66. The Hall–Kier alpha value is -2.83. The third-order valence-corrected chi connectivity index (χ3v) is 5.39. The lowest BCUT2D eigenvalue weighted by Gasteiger charge is -2.38. The summed E-state index contributed by atoms with van der Waals surface area (Å²) in [5.74, 6) is -0.325. The molecule has 2 aliphatic heterocycles. The highest BCUT2D eigenvalue weighted by Crippen LogP contribution is 2.29. The van der Waals surface area contributed by atoms with Gasteiger partial charge in [0.15, 0.2) is 6.10 Å². The third-order valence-electron chi connectivity index (χ3n) is 5.39. The van der Waals surface area contributed by atoms with Crippen molar-refractivity contribution in [2.24, 2.45) is 0 Å². The number of fused-ring (bicyclic) bond motifs is 1. The molecule has 1 amide bonds. The van der Waals surface area contributed by atoms with E-state index in [2.05, 4.69) is 26.7 Å². The van der Waals surface area contributed by atoms with E-state index in [1.165, 1.54) is 0 Å². The van der Waals surface area contributed by atoms with Crippen molar-refractivity contribution in [2.75, 3.05) is 37.6 Å². The number of hydrogen-bond acceptors (Lipinski definition) is 7. The maximum atomic E-state index is 14.5. The summed E-state index contributed by atoms with van der Waals surface area (Å²) in [5, 5.41) is 15.0. The van der Waals surface area contributed by atoms with Crippen molar-refractivity contribution in [2.45, 2.75) is 31.2 Å². The van der Waals surface area contributed by atoms with Crippen LogP contribution in [0.25, 0.3) is 11.0 Å². The molecule has 3 heterocycles. The number of nitriles is 1. The highest BCUT2D eigenvalue weighted by molar-refractivity contribution is 5.92. The summed E-state index contributed by atoms with van der Waals surface area (Å²) >= 11 is 0. The molecule has 2 aromatic rings. The predicted molar refractivity (Wildman–Crippen MR) is 105 cm³/mol. The first kappa shape index (κ1) is 19.5. The second-order valence-electron chi connectivity index (χ2n) is 7.63. The van der Waals surface area contributed by atoms with E-state index in [0.717, 1.165) is 5.69 Å². The van der Waals surface area contributed by atoms with Gasteiger partial charge >= 0.3 is 0 Å². The van der Waals surface area contributed by atoms with Gasteiger partial charge < -0.3 is 20.3 Å². The van der Waals surface area contributed by atoms with E-state index in [0.29, 0.717) is 42.7 Å². The summed E-state index contributed by atoms with van der Waals surface area (Å²) in [5.41, 5.74) is 0.974. The van der Waals surface area contributed by atoms with Gasteiger partial charge in [0.1, 0.15) is 22.8 Å². The summed E-state index contributed by atoms with van der Waals surface area (Å²) in [6.45, 7) is 3.60. The molecule has 0 radical (unpaired) electrons. The monoisotopic (exact) mass is 398 g/mol. The van der Waals surface area contributed by atoms with Crippen LogP contribution in [-0.2, 0) is 9.53 Å². The van der Waals surface area contributed by atoms with Gasteiger partial charge in [-0.25, -0.2) is 4.39 Å². The number of carbonyl (C=O) groups is 1. The predicted octanol–water partition coefficient (Wildman–Crippen LogP) is 0.913. The second-order valence-corrected chi connectivity index (χ2v) is 7.63. The first-order valence-electron chi connectivity index (χ1n) is 9.71. The normalized spacial score (nSPS) is 27.0. The number of morpholine rings is 1. The second kappa shape index (κ2) is 7.89. The van der Waals surface area contributed by atoms with Crippen molar-refractivity contribution in [3.8, 4) is 6.07 Å². The fourth-order valence-corrected chi connectivity index (χ4v) is 3.90. The van der Waals surface area contributed by atoms with Crippen LogP contribution in [0.4, 0.5) is 10.1 Å². The minimum Gasteiger partial charge on any atom is -0.364 e. The van der Waals surface area contributed by atoms with Crippen molar-refractivity contribution >= 4 is 22.6 Å². The van der Waals surface area contributed by atoms with E-state index in [9.17, 15) is 14.4 Å². The highest BCUT2D eigenvalue weighted by atomic mass is 19.1. The quantitative estimate of drug-likeness (QED) is 0.789. The van der Waals surface area contributed by atoms with Gasteiger partial charge in [-0.2, -0.15) is 5.26 Å². The lowest BCUT2D eigenvalue weighted by atomic mass is 10.1. The maximum Gasteiger partial charge on any atom is 0.251 e. The third kappa shape index (κ3) is 3.99. The van der Waals surface area contributed by atoms with E-state index in [4.69, 9.17) is 4.74 Å². The Labute approximate surface area is 168 Å². The molecule has 3 atom stereocenters. The van der Waals surface area contributed by atoms with Crippen LogP contribution in [0.5, 0.6) is 0 Å². The molecule has 4 rings (SSSR count). The molecule has 9 heteroatoms. The number of alkyl halides is 1. The fourth-order valence-electron chi connectivity index (χ4n) is 3.90. The molecule has 0 spiro atoms. The van der Waals surface area contributed by atoms with Gasteiger partial charge in [0, 0.05) is 25.5 Å². The number of nitrogens with zero attached hydrogens (tertiary/aromatic N) is 4. The van der Waals surface area contributed by atoms with Crippen LogP contribution in [0.2, 0.25) is 0 Å². The number of nitrogens with one attached hydrogen (secondary N) is 2. The van der Waals surface area contributed by atoms with E-state index in [1.807, 2.05) is 17.9 Å². The van der Waals surface area contributed by atoms with Gasteiger partial charge in [-0.15, -0.1) is 0 Å². The molecule has 8 nitrogen and oxygen atoms in total. The Morgan fingerprint density at radius 3 is 2.93 bits per heavy atom. The number of benzene rings is 1. The Bertz CT molecular complexity index is 956. The van der Waals surface area contributed by atoms with Crippen LogP contribution in [0.3, 0.4) is 0 Å². The minimum absolute atomic E-state index is 0.0294. The Balaban J connectivity index is 1.53. The van der Waals surface area contributed by atoms with Crippen LogP contribution in [0.1, 0.15) is 18.9 Å². The number of aromatic nitrogens is 2. The zero-order valence-corrected chi connectivity index (χ0v) is 16.2. The van der Waals surface area contributed by atoms with Gasteiger partial charge in [-0.1, -0.05) is 0 Å². The number of anilines is 1. The largest absolute Gasteiger partial charge is 0.364 e. The van der Waals surface area contributed by atoms with Crippen LogP contribution in [0, 0.1) is 11.3 Å². The Morgan fingerprint density at radius 1 is 1.41 bits per heavy atom. The number of hydrogen-bond donors (Lipinski definition) is 2. The lowest BCUT2D eigenvalue weighted by molar-refractivity contribution is -0.137. The number of carbonyl (C=O) groups excluding carboxylic acids is 1. The highest BCUT2D eigenvalue weighted by Gasteiger charge is 2.36. The first-order chi connectivity index (χ1) is 14.0. The van der Waals surface area contributed by atoms with Gasteiger partial charge in [-0.3, -0.25) is 14.8 Å². The molecule has 0 saturated carbocycles. The standard InChI is InChI=1S/C20H23FN6O2/c1-13-9-27(15-3-2-14(8-22)17-18(15)25-7-6-24-17)10-16(29-13)19(28)26-12-20(21)4-5-23-11-20/h2-3,6-7,13,16,23H,4-5,9-12H2,1H3,(H,26,28)/t13?,16?,20-/m0/s1. The van der Waals surface area contributed by atoms with Gasteiger partial charge in [0.2, 0.25) is 0 Å². The van der Waals surface area contributed by atoms with E-state index >= 15 is 0 Å². The van der Waals surface area contributed by atoms with Crippen LogP contribution in [-0.4, -0.2) is 66.5 Å². The van der Waals surface area contributed by atoms with Gasteiger partial charge in [0.05, 0.1) is 30.4 Å². The SMILES string of the molecule is CC1CN(c2ccc(C#N)c3nccnc23)CC(C(=O)NC[C@]2(F)CCNC2)O1. The average Bonchev–Trinajstić information content (AvgIpc) is 3.17. The zero-order chi connectivity index (χ0) is 20.4. The molecular weight excluding hydrogens is 375 g/mol. The minimum atomic E-state index is -1.41. The molecule has 2 saturated heterocycles. The number of rotatable bonds is 4. The van der Waals surface area contributed by atoms with Crippen LogP contribution >= 0.6 is 0 Å². The smallest absolute Gasteiger partial charge is 0.251 e. The molecule has 1 aromatic carbocycles. The summed E-state index contributed by atoms with van der Waals surface area (Å²) in [4.78, 5) is 23.4. The molecule has 152 valence electrons. The molecule has 2 aliphatic rings. The summed E-state index contributed by atoms with van der Waals surface area (Å²) < 4.78 is 20.4. The van der Waals surface area contributed by atoms with Crippen molar-refractivity contribution < 1.29 is 13.9 Å². The van der Waals surface area contributed by atoms with Gasteiger partial charge in [0.25, 0.3) is 5.91 Å². The average molecular weight is 398 g/mol. The molecule has 1 aromatic heterocycles. The van der Waals surface area contributed by atoms with E-state index < -0.39 is 11.8 Å². The zero-order valence-electron chi connectivity index (χ0n) is 16.2. The van der Waals surface area contributed by atoms with Crippen molar-refractivity contribution in [1.29, 1.82) is 5.26 Å². The van der Waals surface area contributed by atoms with Gasteiger partial charge in [-0.05, 0) is 32.0 Å². The fraction of sp³-hybridized carbons (Fsp3) is 0.500. The van der Waals surface area contributed by atoms with Crippen molar-refractivity contribution in [3.63, 3.8) is 0 Å². The Kier molecular flexibility index (Phi) is 5.30. The molecule has 0 bridgehead atoms. The Morgan fingerprint density at radius 2 is 2.21 bits per heavy atom. The lowest BCUT2D eigenvalue weighted by Crippen LogP contribution is -2.54. The van der Waals surface area contributed by atoms with Crippen molar-refractivity contribution in [3.05, 3.63) is 30.1 Å². The maximum absolute atomic E-state index is 14.5. The van der Waals surface area contributed by atoms with Crippen LogP contribution < -0.4 is 15.5 Å². The molecular formula is C20H23FN6O2. The summed E-state index contributed by atoms with van der Waals surface area (Å²) in [7, 11) is 0. The van der Waals surface area contributed by atoms with E-state index in [1.54, 1.807) is 18.5 Å². The van der Waals surface area contributed by atoms with Crippen LogP contribution in [0.15, 0.2) is 24.5 Å². The topological polar surface area (TPSA) is 103 Å². The number of halogens is 1. The molecule has 0 aliphatic carbocycles. The number of ether oxygens (including phenoxy) is 1. The summed E-state index contributed by atoms with van der Waals surface area (Å²) in [6.07, 6.45) is 2.60. The van der Waals surface area contributed by atoms with E-state index in [-0.39, 0.29) is 25.1 Å². The molecule has 29 heavy (non-hydrogen) atoms. The van der Waals surface area contributed by atoms with Crippen molar-refractivity contribution in [1.82, 2.24) is 20.6 Å². The first-order valence-corrected chi connectivity index (χ1v) is 9.71. The molecule has 2 unspecified atom stereocenters. The molecule has 2 N–H and O–H groups in total. The number of amides is 1.